The number of halogens is 1. The van der Waals surface area contributed by atoms with Gasteiger partial charge in [-0.15, -0.1) is 0 Å². The molecular weight excluding hydrogens is 446 g/mol. The van der Waals surface area contributed by atoms with E-state index in [2.05, 4.69) is 5.32 Å². The fourth-order valence-electron chi connectivity index (χ4n) is 2.89. The van der Waals surface area contributed by atoms with Gasteiger partial charge in [-0.1, -0.05) is 48.0 Å². The molecule has 0 saturated heterocycles. The Hall–Kier alpha value is -4.35. The van der Waals surface area contributed by atoms with E-state index in [4.69, 9.17) is 21.1 Å². The molecule has 33 heavy (non-hydrogen) atoms. The van der Waals surface area contributed by atoms with Crippen LogP contribution in [0.3, 0.4) is 0 Å². The molecule has 0 saturated carbocycles. The number of carbonyl (C=O) groups is 1. The van der Waals surface area contributed by atoms with E-state index < -0.39 is 10.8 Å². The minimum atomic E-state index is -0.799. The number of para-hydroxylation sites is 1. The van der Waals surface area contributed by atoms with E-state index in [1.54, 1.807) is 30.3 Å². The van der Waals surface area contributed by atoms with Crippen molar-refractivity contribution in [3.05, 3.63) is 98.6 Å². The van der Waals surface area contributed by atoms with E-state index in [0.29, 0.717) is 16.3 Å². The molecule has 166 valence electrons. The number of nitrogens with zero attached hydrogens (tertiary/aromatic N) is 2. The number of ether oxygens (including phenoxy) is 2. The summed E-state index contributed by atoms with van der Waals surface area (Å²) in [6.45, 7) is 0.191. The Labute approximate surface area is 194 Å². The molecule has 0 spiro atoms. The van der Waals surface area contributed by atoms with Crippen molar-refractivity contribution in [1.29, 1.82) is 5.26 Å². The predicted octanol–water partition coefficient (Wildman–Crippen LogP) is 5.38. The summed E-state index contributed by atoms with van der Waals surface area (Å²) in [4.78, 5) is 23.4. The molecular formula is C24H18ClN3O5. The van der Waals surface area contributed by atoms with Crippen LogP contribution in [0.4, 0.5) is 11.4 Å². The van der Waals surface area contributed by atoms with Gasteiger partial charge in [0.15, 0.2) is 0 Å². The average molecular weight is 464 g/mol. The summed E-state index contributed by atoms with van der Waals surface area (Å²) in [5.41, 5.74) is 0.594. The lowest BCUT2D eigenvalue weighted by atomic mass is 10.1. The lowest BCUT2D eigenvalue weighted by molar-refractivity contribution is -0.384. The fraction of sp³-hybridized carbons (Fsp3) is 0.0833. The van der Waals surface area contributed by atoms with Gasteiger partial charge in [0.05, 0.1) is 18.1 Å². The quantitative estimate of drug-likeness (QED) is 0.207. The molecule has 0 fully saturated rings. The molecule has 0 heterocycles. The Kier molecular flexibility index (Phi) is 7.63. The van der Waals surface area contributed by atoms with Crippen molar-refractivity contribution in [2.45, 2.75) is 6.61 Å². The number of hydrogen-bond acceptors (Lipinski definition) is 6. The van der Waals surface area contributed by atoms with E-state index in [1.165, 1.54) is 31.4 Å². The van der Waals surface area contributed by atoms with Gasteiger partial charge in [-0.25, -0.2) is 0 Å². The van der Waals surface area contributed by atoms with Gasteiger partial charge >= 0.3 is 0 Å². The number of nitrogens with one attached hydrogen (secondary N) is 1. The highest BCUT2D eigenvalue weighted by Gasteiger charge is 2.19. The molecule has 0 aliphatic heterocycles. The van der Waals surface area contributed by atoms with Gasteiger partial charge in [-0.2, -0.15) is 5.26 Å². The van der Waals surface area contributed by atoms with Gasteiger partial charge < -0.3 is 14.8 Å². The molecule has 1 N–H and O–H groups in total. The second-order valence-electron chi connectivity index (χ2n) is 6.68. The Bertz CT molecular complexity index is 1270. The number of nitro benzene ring substituents is 1. The van der Waals surface area contributed by atoms with E-state index >= 15 is 0 Å². The van der Waals surface area contributed by atoms with Crippen LogP contribution in [0.1, 0.15) is 11.1 Å². The zero-order valence-electron chi connectivity index (χ0n) is 17.4. The monoisotopic (exact) mass is 463 g/mol. The van der Waals surface area contributed by atoms with Crippen LogP contribution in [-0.2, 0) is 11.4 Å². The van der Waals surface area contributed by atoms with E-state index in [-0.39, 0.29) is 29.3 Å². The number of amides is 1. The van der Waals surface area contributed by atoms with Crippen molar-refractivity contribution in [3.63, 3.8) is 0 Å². The van der Waals surface area contributed by atoms with Crippen LogP contribution in [0.25, 0.3) is 6.08 Å². The van der Waals surface area contributed by atoms with Gasteiger partial charge in [-0.3, -0.25) is 14.9 Å². The van der Waals surface area contributed by atoms with Crippen LogP contribution in [0, 0.1) is 21.4 Å². The Morgan fingerprint density at radius 2 is 1.91 bits per heavy atom. The van der Waals surface area contributed by atoms with Crippen molar-refractivity contribution >= 4 is 35.0 Å². The van der Waals surface area contributed by atoms with Gasteiger partial charge in [0, 0.05) is 16.1 Å². The summed E-state index contributed by atoms with van der Waals surface area (Å²) in [5.74, 6) is -0.0968. The van der Waals surface area contributed by atoms with Crippen molar-refractivity contribution in [2.75, 3.05) is 12.4 Å². The smallest absolute Gasteiger partial charge is 0.296 e. The summed E-state index contributed by atoms with van der Waals surface area (Å²) in [6, 6.07) is 19.9. The van der Waals surface area contributed by atoms with Crippen LogP contribution in [0.5, 0.6) is 11.5 Å². The zero-order valence-corrected chi connectivity index (χ0v) is 18.2. The third-order valence-electron chi connectivity index (χ3n) is 4.57. The number of anilines is 1. The number of benzene rings is 3. The zero-order chi connectivity index (χ0) is 23.8. The largest absolute Gasteiger partial charge is 0.496 e. The molecule has 3 rings (SSSR count). The molecule has 0 unspecified atom stereocenters. The SMILES string of the molecule is COc1ccc(NC(=O)/C(C#N)=C/c2ccccc2OCc2ccccc2Cl)c([N+](=O)[O-])c1. The Balaban J connectivity index is 1.84. The summed E-state index contributed by atoms with van der Waals surface area (Å²) in [5, 5.41) is 23.9. The number of hydrogen-bond donors (Lipinski definition) is 1. The van der Waals surface area contributed by atoms with Gasteiger partial charge in [0.1, 0.15) is 35.4 Å². The molecule has 0 bridgehead atoms. The second kappa shape index (κ2) is 10.8. The fourth-order valence-corrected chi connectivity index (χ4v) is 3.08. The third-order valence-corrected chi connectivity index (χ3v) is 4.94. The number of nitro groups is 1. The minimum Gasteiger partial charge on any atom is -0.496 e. The first-order valence-corrected chi connectivity index (χ1v) is 10.0. The number of carbonyl (C=O) groups excluding carboxylic acids is 1. The lowest BCUT2D eigenvalue weighted by Crippen LogP contribution is -2.14. The molecule has 0 aliphatic carbocycles. The molecule has 3 aromatic rings. The topological polar surface area (TPSA) is 114 Å². The first-order valence-electron chi connectivity index (χ1n) is 9.63. The Morgan fingerprint density at radius 3 is 2.61 bits per heavy atom. The molecule has 0 atom stereocenters. The van der Waals surface area contributed by atoms with Crippen molar-refractivity contribution < 1.29 is 19.2 Å². The standard InChI is InChI=1S/C24H18ClN3O5/c1-32-19-10-11-21(22(13-19)28(30)31)27-24(29)18(14-26)12-16-6-3-5-9-23(16)33-15-17-7-2-4-8-20(17)25/h2-13H,15H2,1H3,(H,27,29)/b18-12+. The third kappa shape index (κ3) is 5.87. The normalized spacial score (nSPS) is 10.8. The van der Waals surface area contributed by atoms with Gasteiger partial charge in [0.2, 0.25) is 0 Å². The maximum absolute atomic E-state index is 12.7. The summed E-state index contributed by atoms with van der Waals surface area (Å²) in [7, 11) is 1.37. The van der Waals surface area contributed by atoms with Gasteiger partial charge in [-0.05, 0) is 30.3 Å². The maximum atomic E-state index is 12.7. The lowest BCUT2D eigenvalue weighted by Gasteiger charge is -2.11. The molecule has 0 aliphatic rings. The highest BCUT2D eigenvalue weighted by Crippen LogP contribution is 2.30. The van der Waals surface area contributed by atoms with Crippen LogP contribution in [0.2, 0.25) is 5.02 Å². The van der Waals surface area contributed by atoms with E-state index in [9.17, 15) is 20.2 Å². The molecule has 0 aromatic heterocycles. The highest BCUT2D eigenvalue weighted by molar-refractivity contribution is 6.31. The molecule has 3 aromatic carbocycles. The van der Waals surface area contributed by atoms with Crippen LogP contribution < -0.4 is 14.8 Å². The molecule has 9 heteroatoms. The molecule has 0 radical (unpaired) electrons. The number of methoxy groups -OCH3 is 1. The molecule has 8 nitrogen and oxygen atoms in total. The minimum absolute atomic E-state index is 0.0600. The second-order valence-corrected chi connectivity index (χ2v) is 7.09. The summed E-state index contributed by atoms with van der Waals surface area (Å²) < 4.78 is 10.8. The first kappa shape index (κ1) is 23.3. The summed E-state index contributed by atoms with van der Waals surface area (Å²) >= 11 is 6.17. The predicted molar refractivity (Wildman–Crippen MR) is 124 cm³/mol. The van der Waals surface area contributed by atoms with Crippen LogP contribution >= 0.6 is 11.6 Å². The Morgan fingerprint density at radius 1 is 1.18 bits per heavy atom. The van der Waals surface area contributed by atoms with E-state index in [0.717, 1.165) is 5.56 Å². The first-order chi connectivity index (χ1) is 15.9. The van der Waals surface area contributed by atoms with Gasteiger partial charge in [0.25, 0.3) is 11.6 Å². The van der Waals surface area contributed by atoms with Crippen molar-refractivity contribution in [3.8, 4) is 17.6 Å². The highest BCUT2D eigenvalue weighted by atomic mass is 35.5. The van der Waals surface area contributed by atoms with Crippen LogP contribution in [0.15, 0.2) is 72.3 Å². The number of nitriles is 1. The molecule has 1 amide bonds. The summed E-state index contributed by atoms with van der Waals surface area (Å²) in [6.07, 6.45) is 1.35. The van der Waals surface area contributed by atoms with Crippen molar-refractivity contribution in [1.82, 2.24) is 0 Å². The maximum Gasteiger partial charge on any atom is 0.296 e. The van der Waals surface area contributed by atoms with Crippen LogP contribution in [-0.4, -0.2) is 17.9 Å². The van der Waals surface area contributed by atoms with E-state index in [1.807, 2.05) is 24.3 Å². The van der Waals surface area contributed by atoms with Crippen molar-refractivity contribution in [2.24, 2.45) is 0 Å². The number of rotatable bonds is 8. The average Bonchev–Trinajstić information content (AvgIpc) is 2.82.